The number of amides is 1. The average Bonchev–Trinajstić information content (AvgIpc) is 2.38. The van der Waals surface area contributed by atoms with Gasteiger partial charge < -0.3 is 10.6 Å². The van der Waals surface area contributed by atoms with Gasteiger partial charge in [-0.1, -0.05) is 52.0 Å². The van der Waals surface area contributed by atoms with E-state index in [2.05, 4.69) is 55.7 Å². The van der Waals surface area contributed by atoms with E-state index in [1.165, 1.54) is 11.1 Å². The Kier molecular flexibility index (Phi) is 8.60. The van der Waals surface area contributed by atoms with Gasteiger partial charge in [-0.15, -0.1) is 12.4 Å². The van der Waals surface area contributed by atoms with Gasteiger partial charge in [0.05, 0.1) is 0 Å². The lowest BCUT2D eigenvalue weighted by molar-refractivity contribution is -0.124. The van der Waals surface area contributed by atoms with E-state index in [0.717, 1.165) is 6.42 Å². The van der Waals surface area contributed by atoms with Crippen molar-refractivity contribution in [1.29, 1.82) is 0 Å². The number of rotatable bonds is 6. The predicted molar refractivity (Wildman–Crippen MR) is 92.2 cm³/mol. The molecule has 1 rings (SSSR count). The van der Waals surface area contributed by atoms with Gasteiger partial charge in [-0.3, -0.25) is 4.79 Å². The van der Waals surface area contributed by atoms with Crippen LogP contribution in [0.3, 0.4) is 0 Å². The maximum Gasteiger partial charge on any atom is 0.224 e. The normalized spacial score (nSPS) is 12.4. The Morgan fingerprint density at radius 2 is 1.76 bits per heavy atom. The van der Waals surface area contributed by atoms with Gasteiger partial charge in [-0.05, 0) is 30.0 Å². The Bertz CT molecular complexity index is 423. The largest absolute Gasteiger partial charge is 0.355 e. The smallest absolute Gasteiger partial charge is 0.224 e. The van der Waals surface area contributed by atoms with Crippen LogP contribution in [0.1, 0.15) is 38.8 Å². The molecule has 0 saturated carbocycles. The first-order chi connectivity index (χ1) is 9.34. The second-order valence-corrected chi connectivity index (χ2v) is 6.45. The summed E-state index contributed by atoms with van der Waals surface area (Å²) < 4.78 is 0. The van der Waals surface area contributed by atoms with Crippen LogP contribution in [-0.4, -0.2) is 26.0 Å². The van der Waals surface area contributed by atoms with Crippen LogP contribution < -0.4 is 10.6 Å². The third-order valence-electron chi connectivity index (χ3n) is 3.49. The molecule has 21 heavy (non-hydrogen) atoms. The highest BCUT2D eigenvalue weighted by atomic mass is 35.5. The minimum absolute atomic E-state index is 0. The maximum atomic E-state index is 11.8. The quantitative estimate of drug-likeness (QED) is 0.848. The van der Waals surface area contributed by atoms with Gasteiger partial charge >= 0.3 is 0 Å². The average molecular weight is 313 g/mol. The van der Waals surface area contributed by atoms with E-state index < -0.39 is 0 Å². The van der Waals surface area contributed by atoms with Gasteiger partial charge in [-0.2, -0.15) is 0 Å². The molecule has 1 aromatic carbocycles. The SMILES string of the molecule is CNCC(C)C(=O)NCCc1ccc(C(C)(C)C)cc1.Cl. The zero-order valence-corrected chi connectivity index (χ0v) is 14.6. The second kappa shape index (κ2) is 9.06. The lowest BCUT2D eigenvalue weighted by Gasteiger charge is -2.19. The predicted octanol–water partition coefficient (Wildman–Crippen LogP) is 2.92. The van der Waals surface area contributed by atoms with E-state index >= 15 is 0 Å². The number of nitrogens with one attached hydrogen (secondary N) is 2. The summed E-state index contributed by atoms with van der Waals surface area (Å²) in [5, 5.41) is 6.00. The van der Waals surface area contributed by atoms with E-state index in [0.29, 0.717) is 13.1 Å². The summed E-state index contributed by atoms with van der Waals surface area (Å²) in [6.45, 7) is 9.99. The third-order valence-corrected chi connectivity index (χ3v) is 3.49. The van der Waals surface area contributed by atoms with Crippen molar-refractivity contribution < 1.29 is 4.79 Å². The van der Waals surface area contributed by atoms with Crippen molar-refractivity contribution in [2.24, 2.45) is 5.92 Å². The molecule has 3 nitrogen and oxygen atoms in total. The van der Waals surface area contributed by atoms with Crippen LogP contribution >= 0.6 is 12.4 Å². The first-order valence-corrected chi connectivity index (χ1v) is 7.36. The molecular formula is C17H29ClN2O. The Labute approximate surface area is 135 Å². The highest BCUT2D eigenvalue weighted by Gasteiger charge is 2.13. The Hall–Kier alpha value is -1.06. The lowest BCUT2D eigenvalue weighted by Crippen LogP contribution is -2.35. The molecule has 0 aliphatic heterocycles. The van der Waals surface area contributed by atoms with Gasteiger partial charge in [0.25, 0.3) is 0 Å². The van der Waals surface area contributed by atoms with Crippen LogP contribution in [0, 0.1) is 5.92 Å². The number of hydrogen-bond donors (Lipinski definition) is 2. The van der Waals surface area contributed by atoms with Gasteiger partial charge in [0, 0.05) is 19.0 Å². The van der Waals surface area contributed by atoms with Gasteiger partial charge in [0.1, 0.15) is 0 Å². The number of benzene rings is 1. The Balaban J connectivity index is 0.00000400. The summed E-state index contributed by atoms with van der Waals surface area (Å²) in [6.07, 6.45) is 0.877. The van der Waals surface area contributed by atoms with Crippen molar-refractivity contribution in [2.45, 2.75) is 39.5 Å². The summed E-state index contributed by atoms with van der Waals surface area (Å²) >= 11 is 0. The van der Waals surface area contributed by atoms with E-state index in [4.69, 9.17) is 0 Å². The fourth-order valence-corrected chi connectivity index (χ4v) is 2.07. The first kappa shape index (κ1) is 19.9. The Morgan fingerprint density at radius 3 is 2.24 bits per heavy atom. The van der Waals surface area contributed by atoms with Crippen LogP contribution in [0.25, 0.3) is 0 Å². The molecule has 0 heterocycles. The van der Waals surface area contributed by atoms with E-state index in [-0.39, 0.29) is 29.6 Å². The molecule has 1 amide bonds. The van der Waals surface area contributed by atoms with Crippen LogP contribution in [0.5, 0.6) is 0 Å². The Morgan fingerprint density at radius 1 is 1.19 bits per heavy atom. The van der Waals surface area contributed by atoms with Crippen LogP contribution in [0.2, 0.25) is 0 Å². The molecule has 0 spiro atoms. The molecule has 120 valence electrons. The van der Waals surface area contributed by atoms with E-state index in [9.17, 15) is 4.79 Å². The highest BCUT2D eigenvalue weighted by molar-refractivity contribution is 5.85. The molecular weight excluding hydrogens is 284 g/mol. The fourth-order valence-electron chi connectivity index (χ4n) is 2.07. The molecule has 0 aliphatic carbocycles. The van der Waals surface area contributed by atoms with Crippen LogP contribution in [0.4, 0.5) is 0 Å². The topological polar surface area (TPSA) is 41.1 Å². The molecule has 0 saturated heterocycles. The van der Waals surface area contributed by atoms with E-state index in [1.54, 1.807) is 0 Å². The lowest BCUT2D eigenvalue weighted by atomic mass is 9.86. The monoisotopic (exact) mass is 312 g/mol. The second-order valence-electron chi connectivity index (χ2n) is 6.45. The molecule has 2 N–H and O–H groups in total. The summed E-state index contributed by atoms with van der Waals surface area (Å²) in [6, 6.07) is 8.68. The molecule has 4 heteroatoms. The van der Waals surface area contributed by atoms with Crippen molar-refractivity contribution >= 4 is 18.3 Å². The minimum atomic E-state index is 0. The number of carbonyl (C=O) groups excluding carboxylic acids is 1. The molecule has 0 aliphatic rings. The molecule has 1 atom stereocenters. The van der Waals surface area contributed by atoms with E-state index in [1.807, 2.05) is 14.0 Å². The number of hydrogen-bond acceptors (Lipinski definition) is 2. The number of halogens is 1. The summed E-state index contributed by atoms with van der Waals surface area (Å²) in [5.41, 5.74) is 2.79. The standard InChI is InChI=1S/C17H28N2O.ClH/c1-13(12-18-5)16(20)19-11-10-14-6-8-15(9-7-14)17(2,3)4;/h6-9,13,18H,10-12H2,1-5H3,(H,19,20);1H. The number of carbonyl (C=O) groups is 1. The fraction of sp³-hybridized carbons (Fsp3) is 0.588. The highest BCUT2D eigenvalue weighted by Crippen LogP contribution is 2.22. The van der Waals surface area contributed by atoms with Gasteiger partial charge in [0.15, 0.2) is 0 Å². The third kappa shape index (κ3) is 6.96. The summed E-state index contributed by atoms with van der Waals surface area (Å²) in [4.78, 5) is 11.8. The van der Waals surface area contributed by atoms with Crippen molar-refractivity contribution in [3.63, 3.8) is 0 Å². The maximum absolute atomic E-state index is 11.8. The summed E-state index contributed by atoms with van der Waals surface area (Å²) in [5.74, 6) is 0.133. The minimum Gasteiger partial charge on any atom is -0.355 e. The molecule has 0 aromatic heterocycles. The van der Waals surface area contributed by atoms with Crippen molar-refractivity contribution in [2.75, 3.05) is 20.1 Å². The van der Waals surface area contributed by atoms with Gasteiger partial charge in [0.2, 0.25) is 5.91 Å². The molecule has 1 unspecified atom stereocenters. The zero-order valence-electron chi connectivity index (χ0n) is 13.8. The van der Waals surface area contributed by atoms with Crippen molar-refractivity contribution in [1.82, 2.24) is 10.6 Å². The molecule has 0 bridgehead atoms. The van der Waals surface area contributed by atoms with Crippen molar-refractivity contribution in [3.05, 3.63) is 35.4 Å². The van der Waals surface area contributed by atoms with Crippen molar-refractivity contribution in [3.8, 4) is 0 Å². The van der Waals surface area contributed by atoms with Crippen LogP contribution in [-0.2, 0) is 16.6 Å². The van der Waals surface area contributed by atoms with Crippen LogP contribution in [0.15, 0.2) is 24.3 Å². The van der Waals surface area contributed by atoms with Gasteiger partial charge in [-0.25, -0.2) is 0 Å². The molecule has 0 radical (unpaired) electrons. The zero-order chi connectivity index (χ0) is 15.2. The molecule has 0 fully saturated rings. The summed E-state index contributed by atoms with van der Waals surface area (Å²) in [7, 11) is 1.86. The first-order valence-electron chi connectivity index (χ1n) is 7.36. The molecule has 1 aromatic rings.